The van der Waals surface area contributed by atoms with E-state index in [4.69, 9.17) is 9.15 Å². The van der Waals surface area contributed by atoms with Gasteiger partial charge < -0.3 is 18.9 Å². The first kappa shape index (κ1) is 13.2. The predicted octanol–water partition coefficient (Wildman–Crippen LogP) is 2.00. The first-order valence-electron chi connectivity index (χ1n) is 6.33. The predicted molar refractivity (Wildman–Crippen MR) is 76.6 cm³/mol. The monoisotopic (exact) mass is 287 g/mol. The minimum atomic E-state index is -0.502. The van der Waals surface area contributed by atoms with E-state index in [0.717, 1.165) is 5.39 Å². The third-order valence-electron chi connectivity index (χ3n) is 3.34. The SMILES string of the molecule is COC(=O)Cc1[nH]c2c(=O)oc3ccccc3c2c1OC. The van der Waals surface area contributed by atoms with Gasteiger partial charge in [0.05, 0.1) is 31.7 Å². The summed E-state index contributed by atoms with van der Waals surface area (Å²) in [5.41, 5.74) is 0.738. The van der Waals surface area contributed by atoms with Crippen LogP contribution in [-0.2, 0) is 16.0 Å². The number of methoxy groups -OCH3 is 2. The average Bonchev–Trinajstić information content (AvgIpc) is 2.86. The van der Waals surface area contributed by atoms with E-state index in [1.54, 1.807) is 12.1 Å². The highest BCUT2D eigenvalue weighted by molar-refractivity contribution is 6.07. The molecule has 0 saturated heterocycles. The van der Waals surface area contributed by atoms with E-state index in [1.807, 2.05) is 12.1 Å². The van der Waals surface area contributed by atoms with Crippen LogP contribution in [0.15, 0.2) is 33.5 Å². The van der Waals surface area contributed by atoms with Gasteiger partial charge in [0.15, 0.2) is 0 Å². The summed E-state index contributed by atoms with van der Waals surface area (Å²) in [6, 6.07) is 7.17. The third-order valence-corrected chi connectivity index (χ3v) is 3.34. The number of rotatable bonds is 3. The molecule has 0 radical (unpaired) electrons. The van der Waals surface area contributed by atoms with E-state index in [2.05, 4.69) is 9.72 Å². The summed E-state index contributed by atoms with van der Waals surface area (Å²) >= 11 is 0. The average molecular weight is 287 g/mol. The number of H-pyrrole nitrogens is 1. The van der Waals surface area contributed by atoms with Crippen LogP contribution < -0.4 is 10.4 Å². The fourth-order valence-electron chi connectivity index (χ4n) is 2.42. The molecule has 2 aromatic heterocycles. The van der Waals surface area contributed by atoms with Crippen LogP contribution in [0.4, 0.5) is 0 Å². The number of carbonyl (C=O) groups is 1. The number of esters is 1. The Morgan fingerprint density at radius 2 is 2.05 bits per heavy atom. The van der Waals surface area contributed by atoms with Crippen LogP contribution in [0.3, 0.4) is 0 Å². The molecule has 3 aromatic rings. The Morgan fingerprint density at radius 1 is 1.29 bits per heavy atom. The highest BCUT2D eigenvalue weighted by Gasteiger charge is 2.20. The zero-order valence-electron chi connectivity index (χ0n) is 11.6. The van der Waals surface area contributed by atoms with Crippen molar-refractivity contribution in [1.29, 1.82) is 0 Å². The molecule has 0 aliphatic heterocycles. The van der Waals surface area contributed by atoms with Gasteiger partial charge in [-0.15, -0.1) is 0 Å². The zero-order valence-corrected chi connectivity index (χ0v) is 11.6. The number of aromatic nitrogens is 1. The van der Waals surface area contributed by atoms with Gasteiger partial charge in [-0.1, -0.05) is 18.2 Å². The van der Waals surface area contributed by atoms with Gasteiger partial charge in [-0.3, -0.25) is 4.79 Å². The Balaban J connectivity index is 2.38. The lowest BCUT2D eigenvalue weighted by atomic mass is 10.1. The first-order valence-corrected chi connectivity index (χ1v) is 6.33. The van der Waals surface area contributed by atoms with Crippen molar-refractivity contribution in [2.45, 2.75) is 6.42 Å². The molecule has 2 heterocycles. The molecule has 0 aliphatic carbocycles. The summed E-state index contributed by atoms with van der Waals surface area (Å²) in [4.78, 5) is 26.4. The van der Waals surface area contributed by atoms with Crippen molar-refractivity contribution in [3.05, 3.63) is 40.4 Å². The lowest BCUT2D eigenvalue weighted by Crippen LogP contribution is -2.06. The molecule has 0 bridgehead atoms. The summed E-state index contributed by atoms with van der Waals surface area (Å²) in [5.74, 6) is 0.0352. The minimum Gasteiger partial charge on any atom is -0.494 e. The highest BCUT2D eigenvalue weighted by atomic mass is 16.5. The summed E-state index contributed by atoms with van der Waals surface area (Å²) < 4.78 is 15.3. The minimum absolute atomic E-state index is 0.0118. The quantitative estimate of drug-likeness (QED) is 0.588. The largest absolute Gasteiger partial charge is 0.494 e. The number of carbonyl (C=O) groups excluding carboxylic acids is 1. The number of hydrogen-bond acceptors (Lipinski definition) is 5. The molecule has 3 rings (SSSR count). The van der Waals surface area contributed by atoms with Crippen molar-refractivity contribution < 1.29 is 18.7 Å². The molecule has 0 atom stereocenters. The van der Waals surface area contributed by atoms with Gasteiger partial charge in [-0.2, -0.15) is 0 Å². The van der Waals surface area contributed by atoms with Gasteiger partial charge in [0.25, 0.3) is 0 Å². The Kier molecular flexibility index (Phi) is 3.13. The van der Waals surface area contributed by atoms with E-state index in [1.165, 1.54) is 14.2 Å². The van der Waals surface area contributed by atoms with Gasteiger partial charge in [-0.25, -0.2) is 4.79 Å². The van der Waals surface area contributed by atoms with E-state index in [-0.39, 0.29) is 11.9 Å². The second-order valence-electron chi connectivity index (χ2n) is 4.53. The molecule has 108 valence electrons. The van der Waals surface area contributed by atoms with Crippen molar-refractivity contribution in [3.8, 4) is 5.75 Å². The molecular formula is C15H13NO5. The fraction of sp³-hybridized carbons (Fsp3) is 0.200. The second-order valence-corrected chi connectivity index (χ2v) is 4.53. The second kappa shape index (κ2) is 4.97. The normalized spacial score (nSPS) is 11.0. The first-order chi connectivity index (χ1) is 10.2. The Labute approximate surface area is 119 Å². The molecule has 0 spiro atoms. The number of nitrogens with one attached hydrogen (secondary N) is 1. The Hall–Kier alpha value is -2.76. The Morgan fingerprint density at radius 3 is 2.76 bits per heavy atom. The molecule has 0 aliphatic rings. The fourth-order valence-corrected chi connectivity index (χ4v) is 2.42. The summed E-state index contributed by atoms with van der Waals surface area (Å²) in [5, 5.41) is 1.36. The highest BCUT2D eigenvalue weighted by Crippen LogP contribution is 2.34. The van der Waals surface area contributed by atoms with Gasteiger partial charge in [0, 0.05) is 5.39 Å². The van der Waals surface area contributed by atoms with Gasteiger partial charge >= 0.3 is 11.6 Å². The summed E-state index contributed by atoms with van der Waals surface area (Å²) in [6.07, 6.45) is -0.0118. The van der Waals surface area contributed by atoms with Crippen LogP contribution in [0.5, 0.6) is 5.75 Å². The van der Waals surface area contributed by atoms with Crippen molar-refractivity contribution in [2.75, 3.05) is 14.2 Å². The van der Waals surface area contributed by atoms with Crippen LogP contribution in [0.1, 0.15) is 5.69 Å². The molecule has 1 N–H and O–H groups in total. The van der Waals surface area contributed by atoms with E-state index < -0.39 is 11.6 Å². The Bertz CT molecular complexity index is 890. The molecule has 6 nitrogen and oxygen atoms in total. The molecule has 0 amide bonds. The smallest absolute Gasteiger partial charge is 0.360 e. The van der Waals surface area contributed by atoms with E-state index in [0.29, 0.717) is 22.4 Å². The number of ether oxygens (including phenoxy) is 2. The maximum atomic E-state index is 12.1. The van der Waals surface area contributed by atoms with Crippen molar-refractivity contribution in [1.82, 2.24) is 4.98 Å². The topological polar surface area (TPSA) is 81.5 Å². The third kappa shape index (κ3) is 2.05. The van der Waals surface area contributed by atoms with Gasteiger partial charge in [-0.05, 0) is 6.07 Å². The maximum absolute atomic E-state index is 12.1. The molecule has 0 saturated carbocycles. The van der Waals surface area contributed by atoms with E-state index >= 15 is 0 Å². The molecule has 21 heavy (non-hydrogen) atoms. The van der Waals surface area contributed by atoms with Gasteiger partial charge in [0.2, 0.25) is 0 Å². The van der Waals surface area contributed by atoms with Gasteiger partial charge in [0.1, 0.15) is 16.8 Å². The van der Waals surface area contributed by atoms with Crippen LogP contribution in [-0.4, -0.2) is 25.2 Å². The van der Waals surface area contributed by atoms with Crippen molar-refractivity contribution in [2.24, 2.45) is 0 Å². The van der Waals surface area contributed by atoms with Crippen LogP contribution in [0, 0.1) is 0 Å². The van der Waals surface area contributed by atoms with E-state index in [9.17, 15) is 9.59 Å². The summed E-state index contributed by atoms with van der Waals surface area (Å²) in [7, 11) is 2.80. The molecule has 0 unspecified atom stereocenters. The standard InChI is InChI=1S/C15H13NO5/c1-19-11(17)7-9-14(20-2)12-8-5-3-4-6-10(8)21-15(18)13(12)16-9/h3-6,16H,7H2,1-2H3. The van der Waals surface area contributed by atoms with Crippen molar-refractivity contribution >= 4 is 27.8 Å². The van der Waals surface area contributed by atoms with Crippen molar-refractivity contribution in [3.63, 3.8) is 0 Å². The maximum Gasteiger partial charge on any atom is 0.360 e. The number of benzene rings is 1. The van der Waals surface area contributed by atoms with Crippen LogP contribution >= 0.6 is 0 Å². The molecular weight excluding hydrogens is 274 g/mol. The molecule has 1 aromatic carbocycles. The lowest BCUT2D eigenvalue weighted by molar-refractivity contribution is -0.139. The summed E-state index contributed by atoms with van der Waals surface area (Å²) in [6.45, 7) is 0. The molecule has 0 fully saturated rings. The zero-order chi connectivity index (χ0) is 15.0. The number of aromatic amines is 1. The molecule has 6 heteroatoms. The number of para-hydroxylation sites is 1. The van der Waals surface area contributed by atoms with Crippen LogP contribution in [0.2, 0.25) is 0 Å². The van der Waals surface area contributed by atoms with Crippen LogP contribution in [0.25, 0.3) is 21.9 Å². The lowest BCUT2D eigenvalue weighted by Gasteiger charge is -2.03. The number of fused-ring (bicyclic) bond motifs is 3. The number of hydrogen-bond donors (Lipinski definition) is 1.